The Kier molecular flexibility index (Phi) is 5.45. The van der Waals surface area contributed by atoms with Crippen LogP contribution in [0.2, 0.25) is 0 Å². The van der Waals surface area contributed by atoms with Crippen LogP contribution in [0.5, 0.6) is 0 Å². The fourth-order valence-corrected chi connectivity index (χ4v) is 2.33. The minimum atomic E-state index is -1.21. The lowest BCUT2D eigenvalue weighted by atomic mass is 10.1. The maximum Gasteiger partial charge on any atom is 0.380 e. The molecule has 0 atom stereocenters. The Morgan fingerprint density at radius 2 is 1.92 bits per heavy atom. The molecule has 1 aromatic carbocycles. The van der Waals surface area contributed by atoms with E-state index in [2.05, 4.69) is 10.4 Å². The second kappa shape index (κ2) is 7.55. The van der Waals surface area contributed by atoms with Crippen LogP contribution in [0.25, 0.3) is 0 Å². The molecule has 0 radical (unpaired) electrons. The van der Waals surface area contributed by atoms with Crippen LogP contribution < -0.4 is 5.32 Å². The van der Waals surface area contributed by atoms with E-state index >= 15 is 0 Å². The highest BCUT2D eigenvalue weighted by Gasteiger charge is 2.26. The number of para-hydroxylation sites is 2. The number of aromatic nitrogens is 2. The van der Waals surface area contributed by atoms with Gasteiger partial charge in [0.25, 0.3) is 17.4 Å². The summed E-state index contributed by atoms with van der Waals surface area (Å²) in [5.41, 5.74) is 0.649. The van der Waals surface area contributed by atoms with E-state index in [0.29, 0.717) is 11.4 Å². The monoisotopic (exact) mass is 360 g/mol. The van der Waals surface area contributed by atoms with Crippen LogP contribution in [0.4, 0.5) is 11.4 Å². The van der Waals surface area contributed by atoms with Crippen molar-refractivity contribution in [3.63, 3.8) is 0 Å². The van der Waals surface area contributed by atoms with Crippen LogP contribution in [0, 0.1) is 24.0 Å². The lowest BCUT2D eigenvalue weighted by molar-refractivity contribution is -0.383. The van der Waals surface area contributed by atoms with E-state index in [4.69, 9.17) is 4.74 Å². The van der Waals surface area contributed by atoms with Gasteiger partial charge in [-0.15, -0.1) is 0 Å². The van der Waals surface area contributed by atoms with Gasteiger partial charge in [-0.05, 0) is 19.9 Å². The Morgan fingerprint density at radius 1 is 1.27 bits per heavy atom. The molecule has 1 amide bonds. The summed E-state index contributed by atoms with van der Waals surface area (Å²) in [6.07, 6.45) is 0. The average Bonchev–Trinajstić information content (AvgIpc) is 2.84. The maximum atomic E-state index is 12.2. The van der Waals surface area contributed by atoms with Crippen LogP contribution in [0.15, 0.2) is 24.3 Å². The van der Waals surface area contributed by atoms with Crippen molar-refractivity contribution in [3.05, 3.63) is 51.3 Å². The highest BCUT2D eigenvalue weighted by atomic mass is 16.6. The van der Waals surface area contributed by atoms with Crippen molar-refractivity contribution in [1.82, 2.24) is 9.78 Å². The molecule has 0 fully saturated rings. The first-order chi connectivity index (χ1) is 12.2. The smallest absolute Gasteiger partial charge is 0.380 e. The van der Waals surface area contributed by atoms with Gasteiger partial charge in [0.15, 0.2) is 6.61 Å². The lowest BCUT2D eigenvalue weighted by Gasteiger charge is -2.07. The van der Waals surface area contributed by atoms with Crippen molar-refractivity contribution in [2.75, 3.05) is 11.9 Å². The van der Waals surface area contributed by atoms with Gasteiger partial charge in [0.2, 0.25) is 0 Å². The van der Waals surface area contributed by atoms with Crippen LogP contribution in [0.3, 0.4) is 0 Å². The van der Waals surface area contributed by atoms with Crippen LogP contribution in [0.1, 0.15) is 21.7 Å². The van der Waals surface area contributed by atoms with Gasteiger partial charge in [-0.25, -0.2) is 4.79 Å². The minimum absolute atomic E-state index is 0.0381. The van der Waals surface area contributed by atoms with Crippen LogP contribution in [-0.4, -0.2) is 39.0 Å². The Bertz CT molecular complexity index is 902. The molecule has 2 rings (SSSR count). The Morgan fingerprint density at radius 3 is 2.50 bits per heavy atom. The molecule has 2 aromatic rings. The Hall–Kier alpha value is -3.56. The number of carbonyl (C=O) groups excluding carboxylic acids is 3. The van der Waals surface area contributed by atoms with E-state index in [9.17, 15) is 24.5 Å². The number of anilines is 1. The summed E-state index contributed by atoms with van der Waals surface area (Å²) in [5.74, 6) is -2.92. The standard InChI is InChI=1S/C16H16N4O6/c1-9-14(10(2)19(3)18-9)15(22)16(23)26-8-13(21)17-11-6-4-5-7-12(11)20(24)25/h4-7H,8H2,1-3H3,(H,17,21). The number of amides is 1. The molecule has 0 aliphatic carbocycles. The molecule has 0 spiro atoms. The molecule has 0 saturated heterocycles. The third-order valence-corrected chi connectivity index (χ3v) is 3.63. The summed E-state index contributed by atoms with van der Waals surface area (Å²) in [4.78, 5) is 46.2. The molecule has 0 aliphatic heterocycles. The van der Waals surface area contributed by atoms with Crippen LogP contribution >= 0.6 is 0 Å². The number of nitro groups is 1. The van der Waals surface area contributed by atoms with E-state index in [1.165, 1.54) is 28.9 Å². The number of nitrogens with one attached hydrogen (secondary N) is 1. The van der Waals surface area contributed by atoms with Gasteiger partial charge >= 0.3 is 5.97 Å². The molecule has 26 heavy (non-hydrogen) atoms. The zero-order chi connectivity index (χ0) is 19.4. The summed E-state index contributed by atoms with van der Waals surface area (Å²) >= 11 is 0. The zero-order valence-electron chi connectivity index (χ0n) is 14.3. The van der Waals surface area contributed by atoms with E-state index in [1.54, 1.807) is 20.9 Å². The number of hydrogen-bond donors (Lipinski definition) is 1. The first-order valence-corrected chi connectivity index (χ1v) is 7.47. The van der Waals surface area contributed by atoms with Gasteiger partial charge in [0.1, 0.15) is 5.69 Å². The van der Waals surface area contributed by atoms with Crippen molar-refractivity contribution in [3.8, 4) is 0 Å². The summed E-state index contributed by atoms with van der Waals surface area (Å²) in [5, 5.41) is 17.2. The van der Waals surface area contributed by atoms with Crippen molar-refractivity contribution in [2.24, 2.45) is 7.05 Å². The number of carbonyl (C=O) groups is 3. The minimum Gasteiger partial charge on any atom is -0.450 e. The number of nitro benzene ring substituents is 1. The van der Waals surface area contributed by atoms with Crippen LogP contribution in [-0.2, 0) is 21.4 Å². The molecule has 10 nitrogen and oxygen atoms in total. The third-order valence-electron chi connectivity index (χ3n) is 3.63. The first kappa shape index (κ1) is 18.8. The number of rotatable bonds is 6. The number of benzene rings is 1. The quantitative estimate of drug-likeness (QED) is 0.270. The second-order valence-corrected chi connectivity index (χ2v) is 5.40. The molecular weight excluding hydrogens is 344 g/mol. The van der Waals surface area contributed by atoms with Gasteiger partial charge in [-0.2, -0.15) is 5.10 Å². The maximum absolute atomic E-state index is 12.2. The number of Topliss-reactive ketones (excluding diaryl/α,β-unsaturated/α-hetero) is 1. The molecule has 1 heterocycles. The first-order valence-electron chi connectivity index (χ1n) is 7.47. The summed E-state index contributed by atoms with van der Waals surface area (Å²) in [6.45, 7) is 2.45. The average molecular weight is 360 g/mol. The van der Waals surface area contributed by atoms with Gasteiger partial charge < -0.3 is 10.1 Å². The fourth-order valence-electron chi connectivity index (χ4n) is 2.33. The SMILES string of the molecule is Cc1nn(C)c(C)c1C(=O)C(=O)OCC(=O)Nc1ccccc1[N+](=O)[O-]. The predicted octanol–water partition coefficient (Wildman–Crippen LogP) is 1.31. The van der Waals surface area contributed by atoms with Crippen molar-refractivity contribution in [1.29, 1.82) is 0 Å². The van der Waals surface area contributed by atoms with E-state index < -0.39 is 29.2 Å². The number of nitrogens with zero attached hydrogens (tertiary/aromatic N) is 3. The van der Waals surface area contributed by atoms with Gasteiger partial charge in [-0.3, -0.25) is 24.4 Å². The summed E-state index contributed by atoms with van der Waals surface area (Å²) < 4.78 is 6.16. The molecule has 1 N–H and O–H groups in total. The van der Waals surface area contributed by atoms with Gasteiger partial charge in [0, 0.05) is 18.8 Å². The number of esters is 1. The molecule has 0 bridgehead atoms. The van der Waals surface area contributed by atoms with Crippen molar-refractivity contribution in [2.45, 2.75) is 13.8 Å². The molecule has 1 aromatic heterocycles. The molecule has 0 saturated carbocycles. The molecular formula is C16H16N4O6. The molecule has 0 aliphatic rings. The van der Waals surface area contributed by atoms with E-state index in [0.717, 1.165) is 0 Å². The number of ketones is 1. The Labute approximate surface area is 147 Å². The Balaban J connectivity index is 2.00. The zero-order valence-corrected chi connectivity index (χ0v) is 14.3. The largest absolute Gasteiger partial charge is 0.450 e. The number of hydrogen-bond acceptors (Lipinski definition) is 7. The van der Waals surface area contributed by atoms with E-state index in [-0.39, 0.29) is 16.9 Å². The molecule has 10 heteroatoms. The van der Waals surface area contributed by atoms with Gasteiger partial charge in [-0.1, -0.05) is 12.1 Å². The lowest BCUT2D eigenvalue weighted by Crippen LogP contribution is -2.25. The highest BCUT2D eigenvalue weighted by Crippen LogP contribution is 2.23. The van der Waals surface area contributed by atoms with E-state index in [1.807, 2.05) is 0 Å². The summed E-state index contributed by atoms with van der Waals surface area (Å²) in [6, 6.07) is 5.52. The van der Waals surface area contributed by atoms with Crippen molar-refractivity contribution < 1.29 is 24.0 Å². The van der Waals surface area contributed by atoms with Gasteiger partial charge in [0.05, 0.1) is 16.2 Å². The van der Waals surface area contributed by atoms with Crippen molar-refractivity contribution >= 4 is 29.0 Å². The second-order valence-electron chi connectivity index (χ2n) is 5.40. The third kappa shape index (κ3) is 3.91. The predicted molar refractivity (Wildman–Crippen MR) is 89.7 cm³/mol. The highest BCUT2D eigenvalue weighted by molar-refractivity contribution is 6.41. The fraction of sp³-hybridized carbons (Fsp3) is 0.250. The number of ether oxygens (including phenoxy) is 1. The molecule has 0 unspecified atom stereocenters. The normalized spacial score (nSPS) is 10.3. The topological polar surface area (TPSA) is 133 Å². The summed E-state index contributed by atoms with van der Waals surface area (Å²) in [7, 11) is 1.63. The molecule has 136 valence electrons. The number of aryl methyl sites for hydroxylation is 2.